The van der Waals surface area contributed by atoms with Gasteiger partial charge in [0.25, 0.3) is 0 Å². The van der Waals surface area contributed by atoms with Gasteiger partial charge in [-0.15, -0.1) is 0 Å². The summed E-state index contributed by atoms with van der Waals surface area (Å²) in [5.41, 5.74) is 0.219. The van der Waals surface area contributed by atoms with E-state index in [1.54, 1.807) is 0 Å². The molecule has 5 atom stereocenters. The molecule has 2 saturated carbocycles. The van der Waals surface area contributed by atoms with Crippen molar-refractivity contribution in [3.05, 3.63) is 12.2 Å². The molecule has 1 N–H and O–H groups in total. The highest BCUT2D eigenvalue weighted by molar-refractivity contribution is 6.74. The summed E-state index contributed by atoms with van der Waals surface area (Å²) in [5, 5.41) is 10.7. The highest BCUT2D eigenvalue weighted by Crippen LogP contribution is 2.57. The van der Waals surface area contributed by atoms with Crippen LogP contribution in [0.5, 0.6) is 0 Å². The number of hydrogen-bond donors (Lipinski definition) is 1. The summed E-state index contributed by atoms with van der Waals surface area (Å²) in [4.78, 5) is 0. The van der Waals surface area contributed by atoms with E-state index in [2.05, 4.69) is 73.7 Å². The van der Waals surface area contributed by atoms with Crippen LogP contribution in [0, 0.1) is 23.2 Å². The van der Waals surface area contributed by atoms with Crippen molar-refractivity contribution in [3.8, 4) is 0 Å². The highest BCUT2D eigenvalue weighted by Gasteiger charge is 2.51. The van der Waals surface area contributed by atoms with Crippen molar-refractivity contribution in [1.29, 1.82) is 0 Å². The van der Waals surface area contributed by atoms with Gasteiger partial charge in [0.1, 0.15) is 0 Å². The van der Waals surface area contributed by atoms with Crippen molar-refractivity contribution in [3.63, 3.8) is 0 Å². The van der Waals surface area contributed by atoms with Crippen LogP contribution in [-0.2, 0) is 4.43 Å². The van der Waals surface area contributed by atoms with Crippen molar-refractivity contribution in [2.75, 3.05) is 0 Å². The maximum Gasteiger partial charge on any atom is 0.192 e. The first kappa shape index (κ1) is 23.2. The highest BCUT2D eigenvalue weighted by atomic mass is 28.4. The second-order valence-corrected chi connectivity index (χ2v) is 16.6. The van der Waals surface area contributed by atoms with Crippen LogP contribution in [0.2, 0.25) is 18.1 Å². The monoisotopic (exact) mass is 394 g/mol. The topological polar surface area (TPSA) is 29.5 Å². The van der Waals surface area contributed by atoms with Gasteiger partial charge in [-0.05, 0) is 87.3 Å². The lowest BCUT2D eigenvalue weighted by atomic mass is 9.62. The van der Waals surface area contributed by atoms with Crippen LogP contribution in [0.25, 0.3) is 0 Å². The van der Waals surface area contributed by atoms with Crippen LogP contribution in [-0.4, -0.2) is 25.1 Å². The average molecular weight is 395 g/mol. The summed E-state index contributed by atoms with van der Waals surface area (Å²) >= 11 is 0. The molecule has 2 fully saturated rings. The number of rotatable bonds is 6. The molecule has 0 heterocycles. The molecule has 2 nitrogen and oxygen atoms in total. The number of hydrogen-bond acceptors (Lipinski definition) is 2. The fourth-order valence-corrected chi connectivity index (χ4v) is 7.41. The molecular formula is C24H46O2Si. The Hall–Kier alpha value is -0.123. The second-order valence-electron chi connectivity index (χ2n) is 11.9. The number of aliphatic hydroxyl groups excluding tert-OH is 1. The molecule has 0 spiro atoms. The van der Waals surface area contributed by atoms with Crippen molar-refractivity contribution < 1.29 is 9.53 Å². The maximum absolute atomic E-state index is 10.5. The van der Waals surface area contributed by atoms with Crippen molar-refractivity contribution in [1.82, 2.24) is 0 Å². The minimum atomic E-state index is -1.75. The van der Waals surface area contributed by atoms with E-state index in [0.29, 0.717) is 23.2 Å². The molecule has 0 amide bonds. The Balaban J connectivity index is 1.97. The molecule has 0 bridgehead atoms. The Bertz CT molecular complexity index is 531. The van der Waals surface area contributed by atoms with E-state index in [1.165, 1.54) is 25.7 Å². The van der Waals surface area contributed by atoms with E-state index in [4.69, 9.17) is 4.43 Å². The van der Waals surface area contributed by atoms with Gasteiger partial charge in [-0.2, -0.15) is 0 Å². The Kier molecular flexibility index (Phi) is 6.82. The van der Waals surface area contributed by atoms with Gasteiger partial charge in [0, 0.05) is 0 Å². The first-order valence-electron chi connectivity index (χ1n) is 11.2. The molecule has 27 heavy (non-hydrogen) atoms. The van der Waals surface area contributed by atoms with Crippen LogP contribution in [0.3, 0.4) is 0 Å². The van der Waals surface area contributed by atoms with E-state index >= 15 is 0 Å². The molecule has 158 valence electrons. The first-order valence-corrected chi connectivity index (χ1v) is 14.2. The Morgan fingerprint density at radius 2 is 1.78 bits per heavy atom. The predicted octanol–water partition coefficient (Wildman–Crippen LogP) is 6.95. The minimum absolute atomic E-state index is 0.0677. The van der Waals surface area contributed by atoms with Crippen LogP contribution in [0.4, 0.5) is 0 Å². The SMILES string of the molecule is C[C@@H](C=CCC(C)(C)O[Si](C)(C)C(C)(C)C)[C@H]1CC[C@H]2[C@@H](O)CCC[C@]12C. The largest absolute Gasteiger partial charge is 0.412 e. The van der Waals surface area contributed by atoms with Gasteiger partial charge in [0.05, 0.1) is 11.7 Å². The average Bonchev–Trinajstić information content (AvgIpc) is 2.83. The number of allylic oxidation sites excluding steroid dienone is 1. The molecule has 0 saturated heterocycles. The zero-order chi connectivity index (χ0) is 20.7. The standard InChI is InChI=1S/C24H46O2Si/c1-18(19-14-15-20-21(25)13-11-17-24(19,20)7)12-10-16-23(5,6)26-27(8,9)22(2,3)4/h10,12,18-21,25H,11,13-17H2,1-9H3/t18-,19+,20-,21-,24+/m0/s1. The zero-order valence-corrected chi connectivity index (χ0v) is 20.6. The molecule has 0 aromatic carbocycles. The van der Waals surface area contributed by atoms with Gasteiger partial charge in [0.15, 0.2) is 8.32 Å². The third-order valence-electron chi connectivity index (χ3n) is 8.18. The number of aliphatic hydroxyl groups is 1. The van der Waals surface area contributed by atoms with Crippen LogP contribution >= 0.6 is 0 Å². The summed E-state index contributed by atoms with van der Waals surface area (Å²) < 4.78 is 6.67. The second kappa shape index (κ2) is 7.95. The van der Waals surface area contributed by atoms with Crippen LogP contribution in [0.15, 0.2) is 12.2 Å². The van der Waals surface area contributed by atoms with Gasteiger partial charge in [-0.3, -0.25) is 0 Å². The molecule has 2 rings (SSSR count). The summed E-state index contributed by atoms with van der Waals surface area (Å²) in [6.07, 6.45) is 11.7. The molecule has 2 aliphatic rings. The quantitative estimate of drug-likeness (QED) is 0.390. The Morgan fingerprint density at radius 1 is 1.15 bits per heavy atom. The lowest BCUT2D eigenvalue weighted by Gasteiger charge is -2.45. The van der Waals surface area contributed by atoms with Crippen LogP contribution < -0.4 is 0 Å². The molecule has 0 unspecified atom stereocenters. The van der Waals surface area contributed by atoms with E-state index in [0.717, 1.165) is 12.8 Å². The molecule has 0 radical (unpaired) electrons. The third kappa shape index (κ3) is 5.08. The van der Waals surface area contributed by atoms with Gasteiger partial charge < -0.3 is 9.53 Å². The predicted molar refractivity (Wildman–Crippen MR) is 119 cm³/mol. The molecule has 2 aliphatic carbocycles. The molecule has 0 aliphatic heterocycles. The van der Waals surface area contributed by atoms with E-state index in [9.17, 15) is 5.11 Å². The van der Waals surface area contributed by atoms with E-state index < -0.39 is 8.32 Å². The van der Waals surface area contributed by atoms with Gasteiger partial charge in [0.2, 0.25) is 0 Å². The number of fused-ring (bicyclic) bond motifs is 1. The summed E-state index contributed by atoms with van der Waals surface area (Å²) in [6.45, 7) is 20.9. The molecular weight excluding hydrogens is 348 g/mol. The zero-order valence-electron chi connectivity index (χ0n) is 19.6. The normalized spacial score (nSPS) is 34.1. The van der Waals surface area contributed by atoms with Gasteiger partial charge in [-0.25, -0.2) is 0 Å². The minimum Gasteiger partial charge on any atom is -0.412 e. The Labute approximate surface area is 170 Å². The fraction of sp³-hybridized carbons (Fsp3) is 0.917. The summed E-state index contributed by atoms with van der Waals surface area (Å²) in [5.74, 6) is 1.80. The summed E-state index contributed by atoms with van der Waals surface area (Å²) in [7, 11) is -1.75. The van der Waals surface area contributed by atoms with Crippen molar-refractivity contribution in [2.24, 2.45) is 23.2 Å². The lowest BCUT2D eigenvalue weighted by Crippen LogP contribution is -2.47. The van der Waals surface area contributed by atoms with E-state index in [1.807, 2.05) is 0 Å². The molecule has 0 aromatic heterocycles. The Morgan fingerprint density at radius 3 is 2.37 bits per heavy atom. The third-order valence-corrected chi connectivity index (χ3v) is 12.9. The molecule has 0 aromatic rings. The van der Waals surface area contributed by atoms with Gasteiger partial charge >= 0.3 is 0 Å². The van der Waals surface area contributed by atoms with Crippen LogP contribution in [0.1, 0.15) is 87.0 Å². The first-order chi connectivity index (χ1) is 12.2. The maximum atomic E-state index is 10.5. The van der Waals surface area contributed by atoms with E-state index in [-0.39, 0.29) is 16.7 Å². The van der Waals surface area contributed by atoms with Crippen molar-refractivity contribution in [2.45, 2.75) is 117 Å². The fourth-order valence-electron chi connectivity index (χ4n) is 5.64. The smallest absolute Gasteiger partial charge is 0.192 e. The summed E-state index contributed by atoms with van der Waals surface area (Å²) in [6, 6.07) is 0. The van der Waals surface area contributed by atoms with Gasteiger partial charge in [-0.1, -0.05) is 53.2 Å². The van der Waals surface area contributed by atoms with Crippen molar-refractivity contribution >= 4 is 8.32 Å². The molecule has 3 heteroatoms. The lowest BCUT2D eigenvalue weighted by molar-refractivity contribution is -0.0231.